The second-order valence-electron chi connectivity index (χ2n) is 9.09. The lowest BCUT2D eigenvalue weighted by atomic mass is 10.1. The summed E-state index contributed by atoms with van der Waals surface area (Å²) in [6.07, 6.45) is 0. The molecular weight excluding hydrogens is 505 g/mol. The number of carbonyl (C=O) groups excluding carboxylic acids is 1. The van der Waals surface area contributed by atoms with E-state index in [4.69, 9.17) is 4.74 Å². The lowest BCUT2D eigenvalue weighted by Crippen LogP contribution is -2.58. The zero-order chi connectivity index (χ0) is 26.9. The van der Waals surface area contributed by atoms with E-state index in [-0.39, 0.29) is 40.3 Å². The second kappa shape index (κ2) is 10.4. The van der Waals surface area contributed by atoms with Gasteiger partial charge in [-0.05, 0) is 31.5 Å². The Morgan fingerprint density at radius 2 is 1.76 bits per heavy atom. The summed E-state index contributed by atoms with van der Waals surface area (Å²) in [7, 11) is -4.75. The van der Waals surface area contributed by atoms with Crippen molar-refractivity contribution in [1.82, 2.24) is 9.80 Å². The molecule has 0 unspecified atom stereocenters. The molecule has 1 aliphatic heterocycles. The summed E-state index contributed by atoms with van der Waals surface area (Å²) in [4.78, 5) is 27.2. The van der Waals surface area contributed by atoms with Crippen LogP contribution in [-0.2, 0) is 21.5 Å². The van der Waals surface area contributed by atoms with E-state index in [0.717, 1.165) is 11.6 Å². The summed E-state index contributed by atoms with van der Waals surface area (Å²) in [5.41, 5.74) is 0.278. The number of halogens is 1. The van der Waals surface area contributed by atoms with Gasteiger partial charge in [0.25, 0.3) is 16.0 Å². The van der Waals surface area contributed by atoms with Crippen LogP contribution in [0.4, 0.5) is 10.1 Å². The zero-order valence-corrected chi connectivity index (χ0v) is 21.0. The molecule has 12 heteroatoms. The maximum Gasteiger partial charge on any atom is 0.313 e. The second-order valence-corrected chi connectivity index (χ2v) is 10.5. The predicted octanol–water partition coefficient (Wildman–Crippen LogP) is 3.63. The number of carbonyl (C=O) groups is 1. The molecule has 3 aromatic carbocycles. The molecule has 1 amide bonds. The molecule has 196 valence electrons. The van der Waals surface area contributed by atoms with Crippen LogP contribution in [0.25, 0.3) is 10.8 Å². The van der Waals surface area contributed by atoms with Gasteiger partial charge in [0.15, 0.2) is 6.61 Å². The highest BCUT2D eigenvalue weighted by Gasteiger charge is 2.33. The van der Waals surface area contributed by atoms with Crippen molar-refractivity contribution in [1.29, 1.82) is 0 Å². The summed E-state index contributed by atoms with van der Waals surface area (Å²) in [6.45, 7) is 4.93. The highest BCUT2D eigenvalue weighted by Crippen LogP contribution is 2.39. The van der Waals surface area contributed by atoms with Crippen LogP contribution in [0.2, 0.25) is 0 Å². The maximum absolute atomic E-state index is 13.2. The molecule has 0 saturated carbocycles. The van der Waals surface area contributed by atoms with Crippen LogP contribution in [0.1, 0.15) is 19.4 Å². The Morgan fingerprint density at radius 1 is 1.11 bits per heavy atom. The van der Waals surface area contributed by atoms with Crippen molar-refractivity contribution in [2.75, 3.05) is 19.7 Å². The summed E-state index contributed by atoms with van der Waals surface area (Å²) in [5, 5.41) is 11.8. The third-order valence-corrected chi connectivity index (χ3v) is 7.38. The van der Waals surface area contributed by atoms with E-state index in [0.29, 0.717) is 19.6 Å². The predicted molar refractivity (Wildman–Crippen MR) is 133 cm³/mol. The van der Waals surface area contributed by atoms with Gasteiger partial charge < -0.3 is 9.64 Å². The topological polar surface area (TPSA) is 130 Å². The van der Waals surface area contributed by atoms with Crippen molar-refractivity contribution in [3.63, 3.8) is 0 Å². The number of rotatable bonds is 7. The first-order chi connectivity index (χ1) is 17.5. The van der Waals surface area contributed by atoms with Crippen LogP contribution in [0, 0.1) is 15.9 Å². The van der Waals surface area contributed by atoms with Crippen molar-refractivity contribution in [3.8, 4) is 5.75 Å². The van der Waals surface area contributed by atoms with E-state index in [1.54, 1.807) is 23.1 Å². The van der Waals surface area contributed by atoms with Gasteiger partial charge in [-0.15, -0.1) is 0 Å². The first-order valence-corrected chi connectivity index (χ1v) is 13.0. The van der Waals surface area contributed by atoms with Gasteiger partial charge >= 0.3 is 5.69 Å². The van der Waals surface area contributed by atoms with E-state index < -0.39 is 32.2 Å². The number of hydrogen-bond donors (Lipinski definition) is 1. The number of ether oxygens (including phenoxy) is 1. The Kier molecular flexibility index (Phi) is 7.44. The molecule has 0 aromatic heterocycles. The molecule has 1 heterocycles. The molecule has 37 heavy (non-hydrogen) atoms. The number of piperazine rings is 1. The molecule has 4 rings (SSSR count). The van der Waals surface area contributed by atoms with Crippen LogP contribution in [0.15, 0.2) is 59.5 Å². The van der Waals surface area contributed by atoms with E-state index >= 15 is 0 Å². The summed E-state index contributed by atoms with van der Waals surface area (Å²) >= 11 is 0. The Bertz CT molecular complexity index is 1450. The van der Waals surface area contributed by atoms with Gasteiger partial charge in [-0.2, -0.15) is 8.42 Å². The fraction of sp³-hybridized carbons (Fsp3) is 0.320. The molecule has 1 aliphatic rings. The van der Waals surface area contributed by atoms with Gasteiger partial charge in [0.1, 0.15) is 10.7 Å². The van der Waals surface area contributed by atoms with Gasteiger partial charge in [-0.3, -0.25) is 24.4 Å². The van der Waals surface area contributed by atoms with E-state index in [1.165, 1.54) is 30.3 Å². The standard InChI is InChI=1S/C25H26FN3O7S/c1-16-13-28(17(2)12-27(16)14-18-7-9-19(26)10-8-18)24(30)15-36-25-21-6-4-3-5-20(21)23(37(33,34)35)11-22(25)29(31)32/h3-11,16-17H,12-15H2,1-2H3,(H,33,34,35)/t16-,17+/m1/s1. The first-order valence-electron chi connectivity index (χ1n) is 11.5. The Labute approximate surface area is 213 Å². The normalized spacial score (nSPS) is 18.6. The number of nitro groups is 1. The average Bonchev–Trinajstić information content (AvgIpc) is 2.84. The number of benzene rings is 3. The smallest absolute Gasteiger partial charge is 0.313 e. The lowest BCUT2D eigenvalue weighted by Gasteiger charge is -2.44. The average molecular weight is 532 g/mol. The molecule has 3 aromatic rings. The summed E-state index contributed by atoms with van der Waals surface area (Å²) in [6, 6.07) is 12.7. The summed E-state index contributed by atoms with van der Waals surface area (Å²) in [5.74, 6) is -0.934. The van der Waals surface area contributed by atoms with Gasteiger partial charge in [0, 0.05) is 48.6 Å². The molecule has 2 atom stereocenters. The molecule has 1 fully saturated rings. The number of hydrogen-bond acceptors (Lipinski definition) is 7. The van der Waals surface area contributed by atoms with Crippen LogP contribution < -0.4 is 4.74 Å². The third-order valence-electron chi connectivity index (χ3n) is 6.49. The van der Waals surface area contributed by atoms with Crippen LogP contribution >= 0.6 is 0 Å². The molecule has 0 spiro atoms. The molecule has 1 N–H and O–H groups in total. The third kappa shape index (κ3) is 5.71. The Morgan fingerprint density at radius 3 is 2.38 bits per heavy atom. The molecule has 0 aliphatic carbocycles. The number of nitrogens with zero attached hydrogens (tertiary/aromatic N) is 3. The maximum atomic E-state index is 13.2. The first kappa shape index (κ1) is 26.5. The largest absolute Gasteiger partial charge is 0.476 e. The monoisotopic (exact) mass is 531 g/mol. The van der Waals surface area contributed by atoms with Gasteiger partial charge in [0.2, 0.25) is 5.75 Å². The molecule has 1 saturated heterocycles. The lowest BCUT2D eigenvalue weighted by molar-refractivity contribution is -0.385. The minimum atomic E-state index is -4.75. The minimum absolute atomic E-state index is 0.00517. The van der Waals surface area contributed by atoms with Crippen LogP contribution in [-0.4, -0.2) is 65.4 Å². The van der Waals surface area contributed by atoms with Crippen molar-refractivity contribution in [2.24, 2.45) is 0 Å². The van der Waals surface area contributed by atoms with Crippen molar-refractivity contribution >= 4 is 32.5 Å². The fourth-order valence-corrected chi connectivity index (χ4v) is 5.33. The van der Waals surface area contributed by atoms with Crippen molar-refractivity contribution in [3.05, 3.63) is 76.1 Å². The zero-order valence-electron chi connectivity index (χ0n) is 20.2. The van der Waals surface area contributed by atoms with Gasteiger partial charge in [-0.1, -0.05) is 36.4 Å². The highest BCUT2D eigenvalue weighted by atomic mass is 32.2. The SMILES string of the molecule is C[C@@H]1CN(C(=O)COc2c([N+](=O)[O-])cc(S(=O)(=O)O)c3ccccc23)[C@@H](C)CN1Cc1ccc(F)cc1. The summed E-state index contributed by atoms with van der Waals surface area (Å²) < 4.78 is 52.1. The number of nitro benzene ring substituents is 1. The molecule has 10 nitrogen and oxygen atoms in total. The van der Waals surface area contributed by atoms with Gasteiger partial charge in [0.05, 0.1) is 4.92 Å². The Hall–Kier alpha value is -3.61. The Balaban J connectivity index is 1.52. The van der Waals surface area contributed by atoms with Crippen LogP contribution in [0.3, 0.4) is 0 Å². The fourth-order valence-electron chi connectivity index (χ4n) is 4.61. The molecular formula is C25H26FN3O7S. The minimum Gasteiger partial charge on any atom is -0.476 e. The van der Waals surface area contributed by atoms with E-state index in [9.17, 15) is 32.3 Å². The van der Waals surface area contributed by atoms with Gasteiger partial charge in [-0.25, -0.2) is 4.39 Å². The van der Waals surface area contributed by atoms with E-state index in [1.807, 2.05) is 13.8 Å². The quantitative estimate of drug-likeness (QED) is 0.278. The van der Waals surface area contributed by atoms with Crippen molar-refractivity contribution in [2.45, 2.75) is 37.4 Å². The highest BCUT2D eigenvalue weighted by molar-refractivity contribution is 7.86. The molecule has 0 radical (unpaired) electrons. The number of amides is 1. The van der Waals surface area contributed by atoms with Crippen LogP contribution in [0.5, 0.6) is 5.75 Å². The van der Waals surface area contributed by atoms with Crippen molar-refractivity contribution < 1.29 is 31.8 Å². The van der Waals surface area contributed by atoms with E-state index in [2.05, 4.69) is 4.90 Å². The number of fused-ring (bicyclic) bond motifs is 1. The molecule has 0 bridgehead atoms.